The minimum Gasteiger partial charge on any atom is -0.375 e. The lowest BCUT2D eigenvalue weighted by atomic mass is 9.92. The van der Waals surface area contributed by atoms with Gasteiger partial charge in [0.2, 0.25) is 11.8 Å². The summed E-state index contributed by atoms with van der Waals surface area (Å²) < 4.78 is 5.58. The molecule has 0 aromatic rings. The number of ether oxygens (including phenoxy) is 1. The van der Waals surface area contributed by atoms with Crippen LogP contribution in [-0.4, -0.2) is 73.1 Å². The number of carbonyl (C=O) groups excluding carboxylic acids is 2. The van der Waals surface area contributed by atoms with E-state index in [2.05, 4.69) is 17.1 Å². The van der Waals surface area contributed by atoms with Gasteiger partial charge in [0.25, 0.3) is 0 Å². The second kappa shape index (κ2) is 9.19. The van der Waals surface area contributed by atoms with Crippen LogP contribution in [0, 0.1) is 11.8 Å². The van der Waals surface area contributed by atoms with Crippen molar-refractivity contribution >= 4 is 24.2 Å². The molecule has 0 aromatic carbocycles. The fraction of sp³-hybridized carbons (Fsp3) is 0.889. The van der Waals surface area contributed by atoms with Crippen LogP contribution >= 0.6 is 12.4 Å². The van der Waals surface area contributed by atoms with E-state index in [0.717, 1.165) is 38.9 Å². The molecule has 3 fully saturated rings. The van der Waals surface area contributed by atoms with Gasteiger partial charge in [-0.15, -0.1) is 12.4 Å². The van der Waals surface area contributed by atoms with Gasteiger partial charge in [0.1, 0.15) is 6.04 Å². The number of nitrogens with one attached hydrogen (secondary N) is 1. The number of hydrogen-bond donors (Lipinski definition) is 1. The molecule has 0 aliphatic carbocycles. The minimum atomic E-state index is -0.242. The Morgan fingerprint density at radius 3 is 2.36 bits per heavy atom. The van der Waals surface area contributed by atoms with Crippen molar-refractivity contribution < 1.29 is 14.3 Å². The standard InChI is InChI=1S/C18H31N3O3.ClH/c1-13-4-3-8-21(12-13)17(22)15-5-9-20(10-6-15)18(23)16-14(2)24-11-7-19-16;/h13-16,19H,3-12H2,1-2H3;1H/t13?,14-,16+;/m1./s1. The van der Waals surface area contributed by atoms with E-state index in [9.17, 15) is 9.59 Å². The second-order valence-corrected chi connectivity index (χ2v) is 7.64. The summed E-state index contributed by atoms with van der Waals surface area (Å²) in [6, 6.07) is -0.242. The van der Waals surface area contributed by atoms with Crippen LogP contribution in [0.1, 0.15) is 39.5 Å². The molecule has 0 saturated carbocycles. The molecule has 7 heteroatoms. The Bertz CT molecular complexity index is 468. The van der Waals surface area contributed by atoms with Gasteiger partial charge < -0.3 is 19.9 Å². The zero-order valence-electron chi connectivity index (χ0n) is 15.4. The van der Waals surface area contributed by atoms with Crippen LogP contribution in [0.15, 0.2) is 0 Å². The van der Waals surface area contributed by atoms with E-state index < -0.39 is 0 Å². The molecule has 3 aliphatic rings. The van der Waals surface area contributed by atoms with Gasteiger partial charge in [-0.25, -0.2) is 0 Å². The molecule has 144 valence electrons. The Morgan fingerprint density at radius 1 is 1.00 bits per heavy atom. The van der Waals surface area contributed by atoms with Crippen molar-refractivity contribution in [3.05, 3.63) is 0 Å². The summed E-state index contributed by atoms with van der Waals surface area (Å²) in [5.74, 6) is 1.14. The molecule has 3 atom stereocenters. The molecular weight excluding hydrogens is 342 g/mol. The van der Waals surface area contributed by atoms with Crippen LogP contribution in [0.4, 0.5) is 0 Å². The van der Waals surface area contributed by atoms with Gasteiger partial charge in [0.15, 0.2) is 0 Å². The molecule has 1 N–H and O–H groups in total. The molecule has 3 saturated heterocycles. The van der Waals surface area contributed by atoms with Crippen LogP contribution < -0.4 is 5.32 Å². The van der Waals surface area contributed by atoms with E-state index in [0.29, 0.717) is 31.5 Å². The van der Waals surface area contributed by atoms with E-state index >= 15 is 0 Å². The van der Waals surface area contributed by atoms with E-state index in [1.165, 1.54) is 6.42 Å². The van der Waals surface area contributed by atoms with Crippen LogP contribution in [0.25, 0.3) is 0 Å². The highest BCUT2D eigenvalue weighted by atomic mass is 35.5. The van der Waals surface area contributed by atoms with Crippen LogP contribution in [-0.2, 0) is 14.3 Å². The Kier molecular flexibility index (Phi) is 7.52. The van der Waals surface area contributed by atoms with E-state index in [-0.39, 0.29) is 36.4 Å². The Hall–Kier alpha value is -0.850. The fourth-order valence-electron chi connectivity index (χ4n) is 4.20. The summed E-state index contributed by atoms with van der Waals surface area (Å²) in [5, 5.41) is 3.27. The van der Waals surface area contributed by atoms with Gasteiger partial charge in [-0.1, -0.05) is 6.92 Å². The molecule has 25 heavy (non-hydrogen) atoms. The van der Waals surface area contributed by atoms with Crippen molar-refractivity contribution in [1.82, 2.24) is 15.1 Å². The smallest absolute Gasteiger partial charge is 0.242 e. The molecule has 3 rings (SSSR count). The monoisotopic (exact) mass is 373 g/mol. The quantitative estimate of drug-likeness (QED) is 0.792. The lowest BCUT2D eigenvalue weighted by Gasteiger charge is -2.39. The van der Waals surface area contributed by atoms with Gasteiger partial charge in [0.05, 0.1) is 12.7 Å². The fourth-order valence-corrected chi connectivity index (χ4v) is 4.20. The summed E-state index contributed by atoms with van der Waals surface area (Å²) in [5.41, 5.74) is 0. The third-order valence-corrected chi connectivity index (χ3v) is 5.71. The summed E-state index contributed by atoms with van der Waals surface area (Å²) >= 11 is 0. The molecule has 1 unspecified atom stereocenters. The average molecular weight is 374 g/mol. The number of hydrogen-bond acceptors (Lipinski definition) is 4. The highest BCUT2D eigenvalue weighted by molar-refractivity contribution is 5.85. The number of halogens is 1. The van der Waals surface area contributed by atoms with Crippen molar-refractivity contribution in [2.24, 2.45) is 11.8 Å². The third-order valence-electron chi connectivity index (χ3n) is 5.71. The lowest BCUT2D eigenvalue weighted by molar-refractivity contribution is -0.145. The first kappa shape index (κ1) is 20.5. The first-order valence-electron chi connectivity index (χ1n) is 9.49. The van der Waals surface area contributed by atoms with Crippen LogP contribution in [0.5, 0.6) is 0 Å². The summed E-state index contributed by atoms with van der Waals surface area (Å²) in [4.78, 5) is 29.4. The molecule has 0 spiro atoms. The van der Waals surface area contributed by atoms with Gasteiger partial charge in [-0.05, 0) is 38.5 Å². The number of rotatable bonds is 2. The van der Waals surface area contributed by atoms with Gasteiger partial charge in [-0.3, -0.25) is 9.59 Å². The molecule has 0 radical (unpaired) electrons. The summed E-state index contributed by atoms with van der Waals surface area (Å²) in [7, 11) is 0. The van der Waals surface area contributed by atoms with Crippen molar-refractivity contribution in [3.63, 3.8) is 0 Å². The largest absolute Gasteiger partial charge is 0.375 e. The predicted octanol–water partition coefficient (Wildman–Crippen LogP) is 1.28. The Morgan fingerprint density at radius 2 is 1.72 bits per heavy atom. The summed E-state index contributed by atoms with van der Waals surface area (Å²) in [6.45, 7) is 8.73. The van der Waals surface area contributed by atoms with Gasteiger partial charge in [-0.2, -0.15) is 0 Å². The first-order valence-corrected chi connectivity index (χ1v) is 9.49. The number of likely N-dealkylation sites (tertiary alicyclic amines) is 2. The predicted molar refractivity (Wildman–Crippen MR) is 98.7 cm³/mol. The zero-order valence-corrected chi connectivity index (χ0v) is 16.2. The minimum absolute atomic E-state index is 0. The second-order valence-electron chi connectivity index (χ2n) is 7.64. The number of nitrogens with zero attached hydrogens (tertiary/aromatic N) is 2. The number of piperidine rings is 2. The van der Waals surface area contributed by atoms with Gasteiger partial charge >= 0.3 is 0 Å². The number of morpholine rings is 1. The maximum Gasteiger partial charge on any atom is 0.242 e. The van der Waals surface area contributed by atoms with Crippen molar-refractivity contribution in [1.29, 1.82) is 0 Å². The number of amides is 2. The maximum absolute atomic E-state index is 12.7. The normalized spacial score (nSPS) is 31.4. The first-order chi connectivity index (χ1) is 11.6. The van der Waals surface area contributed by atoms with E-state index in [1.54, 1.807) is 0 Å². The Balaban J connectivity index is 0.00000225. The number of carbonyl (C=O) groups is 2. The van der Waals surface area contributed by atoms with E-state index in [4.69, 9.17) is 4.74 Å². The molecule has 0 aromatic heterocycles. The SMILES string of the molecule is CC1CCCN(C(=O)C2CCN(C(=O)[C@H]3NCCO[C@@H]3C)CC2)C1.Cl. The highest BCUT2D eigenvalue weighted by Crippen LogP contribution is 2.24. The molecular formula is C18H32ClN3O3. The van der Waals surface area contributed by atoms with Crippen LogP contribution in [0.2, 0.25) is 0 Å². The topological polar surface area (TPSA) is 61.9 Å². The highest BCUT2D eigenvalue weighted by Gasteiger charge is 2.36. The lowest BCUT2D eigenvalue weighted by Crippen LogP contribution is -2.58. The molecule has 6 nitrogen and oxygen atoms in total. The Labute approximate surface area is 157 Å². The molecule has 3 aliphatic heterocycles. The average Bonchev–Trinajstić information content (AvgIpc) is 2.61. The van der Waals surface area contributed by atoms with Crippen molar-refractivity contribution in [3.8, 4) is 0 Å². The molecule has 2 amide bonds. The molecule has 0 bridgehead atoms. The summed E-state index contributed by atoms with van der Waals surface area (Å²) in [6.07, 6.45) is 3.84. The maximum atomic E-state index is 12.7. The van der Waals surface area contributed by atoms with E-state index in [1.807, 2.05) is 11.8 Å². The van der Waals surface area contributed by atoms with Crippen molar-refractivity contribution in [2.75, 3.05) is 39.3 Å². The molecule has 3 heterocycles. The zero-order chi connectivity index (χ0) is 17.1. The third kappa shape index (κ3) is 4.86. The van der Waals surface area contributed by atoms with Gasteiger partial charge in [0, 0.05) is 38.6 Å². The van der Waals surface area contributed by atoms with Crippen LogP contribution in [0.3, 0.4) is 0 Å². The van der Waals surface area contributed by atoms with Crippen molar-refractivity contribution in [2.45, 2.75) is 51.7 Å².